The Morgan fingerprint density at radius 2 is 2.03 bits per heavy atom. The van der Waals surface area contributed by atoms with Gasteiger partial charge in [0.1, 0.15) is 11.6 Å². The third-order valence-electron chi connectivity index (χ3n) is 6.29. The zero-order chi connectivity index (χ0) is 21.4. The molecule has 5 rings (SSSR count). The number of carbonyl (C=O) groups excluding carboxylic acids is 1. The van der Waals surface area contributed by atoms with Gasteiger partial charge in [-0.25, -0.2) is 0 Å². The minimum Gasteiger partial charge on any atom is -0.481 e. The van der Waals surface area contributed by atoms with Crippen LogP contribution in [0.4, 0.5) is 29.0 Å². The first-order chi connectivity index (χ1) is 15.0. The molecule has 0 radical (unpaired) electrons. The number of hydrogen-bond donors (Lipinski definition) is 4. The number of benzene rings is 1. The van der Waals surface area contributed by atoms with Crippen LogP contribution in [0, 0.1) is 5.92 Å². The maximum Gasteiger partial charge on any atom is 0.303 e. The molecular weight excluding hydrogens is 396 g/mol. The largest absolute Gasteiger partial charge is 0.481 e. The molecule has 31 heavy (non-hydrogen) atoms. The van der Waals surface area contributed by atoms with Crippen LogP contribution in [0.15, 0.2) is 18.2 Å². The molecule has 0 bridgehead atoms. The fourth-order valence-electron chi connectivity index (χ4n) is 4.66. The van der Waals surface area contributed by atoms with Gasteiger partial charge in [-0.3, -0.25) is 9.59 Å². The van der Waals surface area contributed by atoms with Gasteiger partial charge in [0.05, 0.1) is 0 Å². The van der Waals surface area contributed by atoms with Crippen LogP contribution in [-0.4, -0.2) is 46.6 Å². The number of aromatic nitrogens is 2. The van der Waals surface area contributed by atoms with Crippen molar-refractivity contribution in [2.75, 3.05) is 40.5 Å². The molecule has 1 amide bonds. The fraction of sp³-hybridized carbons (Fsp3) is 0.455. The summed E-state index contributed by atoms with van der Waals surface area (Å²) in [7, 11) is 0. The van der Waals surface area contributed by atoms with Gasteiger partial charge >= 0.3 is 5.97 Å². The summed E-state index contributed by atoms with van der Waals surface area (Å²) in [6, 6.07) is 5.87. The van der Waals surface area contributed by atoms with E-state index in [4.69, 9.17) is 10.1 Å². The maximum atomic E-state index is 11.6. The molecule has 4 N–H and O–H groups in total. The van der Waals surface area contributed by atoms with Crippen molar-refractivity contribution in [1.29, 1.82) is 0 Å². The van der Waals surface area contributed by atoms with Gasteiger partial charge in [0.2, 0.25) is 11.9 Å². The van der Waals surface area contributed by atoms with E-state index in [0.29, 0.717) is 12.4 Å². The number of hydrogen-bond acceptors (Lipinski definition) is 7. The van der Waals surface area contributed by atoms with E-state index in [1.807, 2.05) is 18.2 Å². The molecule has 1 aromatic carbocycles. The average molecular weight is 422 g/mol. The average Bonchev–Trinajstić information content (AvgIpc) is 3.22. The molecule has 162 valence electrons. The highest BCUT2D eigenvalue weighted by Gasteiger charge is 2.27. The third-order valence-corrected chi connectivity index (χ3v) is 6.29. The number of fused-ring (bicyclic) bond motifs is 2. The van der Waals surface area contributed by atoms with Gasteiger partial charge in [-0.15, -0.1) is 0 Å². The van der Waals surface area contributed by atoms with Crippen molar-refractivity contribution in [2.45, 2.75) is 38.5 Å². The van der Waals surface area contributed by atoms with Gasteiger partial charge in [0.25, 0.3) is 0 Å². The van der Waals surface area contributed by atoms with E-state index in [2.05, 4.69) is 25.8 Å². The number of aryl methyl sites for hydroxylation is 1. The summed E-state index contributed by atoms with van der Waals surface area (Å²) in [6.45, 7) is 2.45. The standard InChI is InChI=1S/C22H26N6O3/c29-18-4-1-14-12-15(2-3-17(14)25-18)24-22-26-20-16(5-8-23-20)21(27-22)28-9-6-13(7-10-28)11-19(30)31/h2-3,12-13H,1,4-11H2,(H,25,29)(H,30,31)(H2,23,24,26,27). The Morgan fingerprint density at radius 1 is 1.19 bits per heavy atom. The highest BCUT2D eigenvalue weighted by atomic mass is 16.4. The number of nitrogens with one attached hydrogen (secondary N) is 3. The molecule has 9 heteroatoms. The van der Waals surface area contributed by atoms with Crippen molar-refractivity contribution in [3.8, 4) is 0 Å². The topological polar surface area (TPSA) is 119 Å². The van der Waals surface area contributed by atoms with Crippen molar-refractivity contribution >= 4 is 40.8 Å². The van der Waals surface area contributed by atoms with Gasteiger partial charge in [0.15, 0.2) is 0 Å². The molecule has 1 aromatic heterocycles. The van der Waals surface area contributed by atoms with E-state index >= 15 is 0 Å². The van der Waals surface area contributed by atoms with Gasteiger partial charge in [0, 0.05) is 49.4 Å². The highest BCUT2D eigenvalue weighted by Crippen LogP contribution is 2.34. The zero-order valence-corrected chi connectivity index (χ0v) is 17.3. The van der Waals surface area contributed by atoms with Crippen LogP contribution in [0.25, 0.3) is 0 Å². The monoisotopic (exact) mass is 422 g/mol. The van der Waals surface area contributed by atoms with Crippen LogP contribution in [0.5, 0.6) is 0 Å². The molecule has 0 atom stereocenters. The van der Waals surface area contributed by atoms with Crippen molar-refractivity contribution in [3.63, 3.8) is 0 Å². The van der Waals surface area contributed by atoms with E-state index in [-0.39, 0.29) is 18.2 Å². The van der Waals surface area contributed by atoms with Crippen LogP contribution in [0.2, 0.25) is 0 Å². The number of amides is 1. The number of carboxylic acid groups (broad SMARTS) is 1. The van der Waals surface area contributed by atoms with Crippen LogP contribution in [-0.2, 0) is 22.4 Å². The molecule has 0 aliphatic carbocycles. The predicted molar refractivity (Wildman–Crippen MR) is 118 cm³/mol. The number of aliphatic carboxylic acids is 1. The maximum absolute atomic E-state index is 11.6. The van der Waals surface area contributed by atoms with Crippen LogP contribution in [0.3, 0.4) is 0 Å². The van der Waals surface area contributed by atoms with Crippen LogP contribution >= 0.6 is 0 Å². The third kappa shape index (κ3) is 4.12. The summed E-state index contributed by atoms with van der Waals surface area (Å²) in [5.41, 5.74) is 3.99. The van der Waals surface area contributed by atoms with E-state index in [1.54, 1.807) is 0 Å². The highest BCUT2D eigenvalue weighted by molar-refractivity contribution is 5.94. The van der Waals surface area contributed by atoms with Crippen LogP contribution < -0.4 is 20.9 Å². The normalized spacial score (nSPS) is 18.1. The second kappa shape index (κ2) is 8.05. The lowest BCUT2D eigenvalue weighted by molar-refractivity contribution is -0.138. The summed E-state index contributed by atoms with van der Waals surface area (Å²) in [4.78, 5) is 34.4. The molecule has 0 unspecified atom stereocenters. The Bertz CT molecular complexity index is 1030. The second-order valence-electron chi connectivity index (χ2n) is 8.45. The summed E-state index contributed by atoms with van der Waals surface area (Å²) < 4.78 is 0. The van der Waals surface area contributed by atoms with Crippen molar-refractivity contribution in [2.24, 2.45) is 5.92 Å². The molecule has 2 aromatic rings. The number of rotatable bonds is 5. The van der Waals surface area contributed by atoms with E-state index in [0.717, 1.165) is 79.5 Å². The quantitative estimate of drug-likeness (QED) is 0.581. The van der Waals surface area contributed by atoms with Gasteiger partial charge in [-0.1, -0.05) is 0 Å². The number of carbonyl (C=O) groups is 2. The Hall–Kier alpha value is -3.36. The zero-order valence-electron chi connectivity index (χ0n) is 17.3. The smallest absolute Gasteiger partial charge is 0.303 e. The van der Waals surface area contributed by atoms with E-state index < -0.39 is 5.97 Å². The number of nitrogens with zero attached hydrogens (tertiary/aromatic N) is 3. The predicted octanol–water partition coefficient (Wildman–Crippen LogP) is 2.76. The van der Waals surface area contributed by atoms with Gasteiger partial charge in [-0.2, -0.15) is 9.97 Å². The van der Waals surface area contributed by atoms with Crippen molar-refractivity contribution in [3.05, 3.63) is 29.3 Å². The summed E-state index contributed by atoms with van der Waals surface area (Å²) >= 11 is 0. The molecule has 3 aliphatic rings. The Morgan fingerprint density at radius 3 is 2.84 bits per heavy atom. The van der Waals surface area contributed by atoms with Crippen molar-refractivity contribution < 1.29 is 14.7 Å². The molecule has 3 aliphatic heterocycles. The second-order valence-corrected chi connectivity index (χ2v) is 8.45. The first-order valence-corrected chi connectivity index (χ1v) is 10.9. The first-order valence-electron chi connectivity index (χ1n) is 10.9. The lowest BCUT2D eigenvalue weighted by Crippen LogP contribution is -2.35. The number of anilines is 5. The fourth-order valence-corrected chi connectivity index (χ4v) is 4.66. The molecule has 4 heterocycles. The Labute approximate surface area is 180 Å². The van der Waals surface area contributed by atoms with Gasteiger partial charge in [-0.05, 0) is 55.4 Å². The minimum atomic E-state index is -0.721. The molecule has 0 spiro atoms. The lowest BCUT2D eigenvalue weighted by Gasteiger charge is -2.33. The SMILES string of the molecule is O=C(O)CC1CCN(c2nc(Nc3ccc4c(c3)CCC(=O)N4)nc3c2CCN3)CC1. The molecule has 1 saturated heterocycles. The van der Waals surface area contributed by atoms with Crippen LogP contribution in [0.1, 0.15) is 36.8 Å². The molecule has 1 fully saturated rings. The van der Waals surface area contributed by atoms with E-state index in [1.165, 1.54) is 0 Å². The lowest BCUT2D eigenvalue weighted by atomic mass is 9.93. The number of piperidine rings is 1. The molecule has 0 saturated carbocycles. The molecular formula is C22H26N6O3. The Balaban J connectivity index is 1.36. The van der Waals surface area contributed by atoms with E-state index in [9.17, 15) is 9.59 Å². The minimum absolute atomic E-state index is 0.0537. The first kappa shape index (κ1) is 19.6. The summed E-state index contributed by atoms with van der Waals surface area (Å²) in [6.07, 6.45) is 4.06. The summed E-state index contributed by atoms with van der Waals surface area (Å²) in [5, 5.41) is 18.7. The Kier molecular flexibility index (Phi) is 5.09. The van der Waals surface area contributed by atoms with Gasteiger partial charge < -0.3 is 26.0 Å². The summed E-state index contributed by atoms with van der Waals surface area (Å²) in [5.74, 6) is 1.91. The number of carboxylic acids is 1. The van der Waals surface area contributed by atoms with Crippen molar-refractivity contribution in [1.82, 2.24) is 9.97 Å². The molecule has 9 nitrogen and oxygen atoms in total.